The number of carbonyl (C=O) groups excluding carboxylic acids is 4. The Labute approximate surface area is 292 Å². The van der Waals surface area contributed by atoms with E-state index in [4.69, 9.17) is 14.2 Å². The van der Waals surface area contributed by atoms with Gasteiger partial charge in [-0.1, -0.05) is 36.4 Å². The molecule has 0 aliphatic carbocycles. The summed E-state index contributed by atoms with van der Waals surface area (Å²) in [5, 5.41) is 5.91. The molecule has 2 atom stereocenters. The van der Waals surface area contributed by atoms with E-state index >= 15 is 0 Å². The second-order valence-corrected chi connectivity index (χ2v) is 15.0. The van der Waals surface area contributed by atoms with Crippen LogP contribution in [0.25, 0.3) is 0 Å². The van der Waals surface area contributed by atoms with E-state index in [-0.39, 0.29) is 43.3 Å². The van der Waals surface area contributed by atoms with Gasteiger partial charge in [-0.05, 0) is 122 Å². The first kappa shape index (κ1) is 39.4. The van der Waals surface area contributed by atoms with Gasteiger partial charge < -0.3 is 29.7 Å². The van der Waals surface area contributed by atoms with E-state index in [0.29, 0.717) is 50.6 Å². The van der Waals surface area contributed by atoms with Crippen LogP contribution in [0, 0.1) is 12.8 Å². The summed E-state index contributed by atoms with van der Waals surface area (Å²) in [7, 11) is 0. The van der Waals surface area contributed by atoms with E-state index in [0.717, 1.165) is 36.0 Å². The number of esters is 1. The lowest BCUT2D eigenvalue weighted by Gasteiger charge is -2.34. The summed E-state index contributed by atoms with van der Waals surface area (Å²) in [5.74, 6) is 0.156. The third-order valence-electron chi connectivity index (χ3n) is 8.16. The molecule has 2 aromatic rings. The summed E-state index contributed by atoms with van der Waals surface area (Å²) in [5.41, 5.74) is 1.92. The van der Waals surface area contributed by atoms with Crippen LogP contribution in [-0.4, -0.2) is 65.7 Å². The van der Waals surface area contributed by atoms with Crippen LogP contribution in [0.1, 0.15) is 103 Å². The molecular weight excluding hydrogens is 622 g/mol. The van der Waals surface area contributed by atoms with Gasteiger partial charge in [-0.15, -0.1) is 0 Å². The van der Waals surface area contributed by atoms with Gasteiger partial charge in [0.25, 0.3) is 0 Å². The molecule has 0 spiro atoms. The Hall–Kier alpha value is -4.08. The normalized spacial score (nSPS) is 15.6. The van der Waals surface area contributed by atoms with Gasteiger partial charge in [0, 0.05) is 32.5 Å². The molecule has 1 heterocycles. The van der Waals surface area contributed by atoms with Crippen LogP contribution in [-0.2, 0) is 36.8 Å². The van der Waals surface area contributed by atoms with Crippen LogP contribution in [0.15, 0.2) is 48.5 Å². The van der Waals surface area contributed by atoms with E-state index in [9.17, 15) is 19.2 Å². The molecule has 1 unspecified atom stereocenters. The Kier molecular flexibility index (Phi) is 15.0. The summed E-state index contributed by atoms with van der Waals surface area (Å²) >= 11 is 0. The van der Waals surface area contributed by atoms with Crippen molar-refractivity contribution in [2.45, 2.75) is 124 Å². The maximum Gasteiger partial charge on any atom is 0.410 e. The lowest BCUT2D eigenvalue weighted by atomic mass is 9.95. The number of benzene rings is 2. The van der Waals surface area contributed by atoms with E-state index in [1.54, 1.807) is 25.7 Å². The average Bonchev–Trinajstić information content (AvgIpc) is 3.02. The highest BCUT2D eigenvalue weighted by molar-refractivity contribution is 5.87. The monoisotopic (exact) mass is 679 g/mol. The second kappa shape index (κ2) is 18.6. The Morgan fingerprint density at radius 2 is 1.65 bits per heavy atom. The van der Waals surface area contributed by atoms with Crippen molar-refractivity contribution >= 4 is 23.9 Å². The number of likely N-dealkylation sites (tertiary alicyclic amines) is 1. The number of amides is 3. The molecule has 0 radical (unpaired) electrons. The van der Waals surface area contributed by atoms with E-state index in [1.165, 1.54) is 0 Å². The maximum absolute atomic E-state index is 13.4. The molecule has 1 aliphatic heterocycles. The number of carbonyl (C=O) groups is 4. The standard InChI is InChI=1S/C39H57N3O7/c1-28-18-20-32(47-24-22-30-15-12-23-42(27-30)37(46)49-39(5,6)7)25-31(28)26-40-36(45)33(21-19-29-13-9-8-10-14-29)41-34(43)16-11-17-35(44)48-38(2,3)4/h8-10,13-14,18,20,25,30,33H,11-12,15-17,19,21-24,26-27H2,1-7H3,(H,40,45)(H,41,43)/t30?,33-/m0/s1. The number of piperidine rings is 1. The van der Waals surface area contributed by atoms with Crippen LogP contribution >= 0.6 is 0 Å². The summed E-state index contributed by atoms with van der Waals surface area (Å²) in [4.78, 5) is 52.7. The number of ether oxygens (including phenoxy) is 3. The number of hydrogen-bond acceptors (Lipinski definition) is 7. The zero-order chi connectivity index (χ0) is 36.0. The third kappa shape index (κ3) is 15.3. The van der Waals surface area contributed by atoms with Gasteiger partial charge in [-0.2, -0.15) is 0 Å². The number of hydrogen-bond donors (Lipinski definition) is 2. The first-order valence-corrected chi connectivity index (χ1v) is 17.6. The minimum Gasteiger partial charge on any atom is -0.494 e. The largest absolute Gasteiger partial charge is 0.494 e. The van der Waals surface area contributed by atoms with Crippen molar-refractivity contribution in [3.63, 3.8) is 0 Å². The summed E-state index contributed by atoms with van der Waals surface area (Å²) in [6.07, 6.45) is 4.18. The molecule has 270 valence electrons. The third-order valence-corrected chi connectivity index (χ3v) is 8.16. The van der Waals surface area contributed by atoms with Crippen molar-refractivity contribution in [2.75, 3.05) is 19.7 Å². The molecule has 10 nitrogen and oxygen atoms in total. The SMILES string of the molecule is Cc1ccc(OCCC2CCCN(C(=O)OC(C)(C)C)C2)cc1CNC(=O)[C@H](CCc1ccccc1)NC(=O)CCCC(=O)OC(C)(C)C. The van der Waals surface area contributed by atoms with Crippen LogP contribution in [0.5, 0.6) is 5.75 Å². The number of nitrogens with zero attached hydrogens (tertiary/aromatic N) is 1. The highest BCUT2D eigenvalue weighted by Crippen LogP contribution is 2.23. The van der Waals surface area contributed by atoms with Gasteiger partial charge in [-0.3, -0.25) is 14.4 Å². The predicted molar refractivity (Wildman–Crippen MR) is 190 cm³/mol. The second-order valence-electron chi connectivity index (χ2n) is 15.0. The molecular formula is C39H57N3O7. The molecule has 2 aromatic carbocycles. The molecule has 10 heteroatoms. The molecule has 3 amide bonds. The predicted octanol–water partition coefficient (Wildman–Crippen LogP) is 6.66. The molecule has 3 rings (SSSR count). The highest BCUT2D eigenvalue weighted by atomic mass is 16.6. The van der Waals surface area contributed by atoms with Crippen LogP contribution in [0.2, 0.25) is 0 Å². The Bertz CT molecular complexity index is 1380. The highest BCUT2D eigenvalue weighted by Gasteiger charge is 2.28. The fourth-order valence-electron chi connectivity index (χ4n) is 5.65. The van der Waals surface area contributed by atoms with Crippen LogP contribution in [0.3, 0.4) is 0 Å². The lowest BCUT2D eigenvalue weighted by Crippen LogP contribution is -2.46. The van der Waals surface area contributed by atoms with Crippen molar-refractivity contribution < 1.29 is 33.4 Å². The number of rotatable bonds is 15. The summed E-state index contributed by atoms with van der Waals surface area (Å²) in [6.45, 7) is 15.2. The smallest absolute Gasteiger partial charge is 0.410 e. The maximum atomic E-state index is 13.4. The van der Waals surface area contributed by atoms with Crippen molar-refractivity contribution in [1.29, 1.82) is 0 Å². The molecule has 1 aliphatic rings. The lowest BCUT2D eigenvalue weighted by molar-refractivity contribution is -0.155. The fraction of sp³-hybridized carbons (Fsp3) is 0.590. The number of aryl methyl sites for hydroxylation is 2. The van der Waals surface area contributed by atoms with Crippen molar-refractivity contribution in [3.05, 3.63) is 65.2 Å². The summed E-state index contributed by atoms with van der Waals surface area (Å²) in [6, 6.07) is 14.9. The van der Waals surface area contributed by atoms with Crippen LogP contribution in [0.4, 0.5) is 4.79 Å². The van der Waals surface area contributed by atoms with Gasteiger partial charge >= 0.3 is 12.1 Å². The zero-order valence-corrected chi connectivity index (χ0v) is 30.6. The molecule has 1 saturated heterocycles. The van der Waals surface area contributed by atoms with Crippen molar-refractivity contribution in [3.8, 4) is 5.75 Å². The topological polar surface area (TPSA) is 123 Å². The molecule has 0 aromatic heterocycles. The van der Waals surface area contributed by atoms with E-state index in [1.807, 2.05) is 76.2 Å². The van der Waals surface area contributed by atoms with Gasteiger partial charge in [0.15, 0.2) is 0 Å². The van der Waals surface area contributed by atoms with Gasteiger partial charge in [-0.25, -0.2) is 4.79 Å². The molecule has 0 bridgehead atoms. The van der Waals surface area contributed by atoms with Crippen molar-refractivity contribution in [1.82, 2.24) is 15.5 Å². The van der Waals surface area contributed by atoms with E-state index < -0.39 is 17.2 Å². The van der Waals surface area contributed by atoms with Gasteiger partial charge in [0.2, 0.25) is 11.8 Å². The first-order chi connectivity index (χ1) is 23.1. The molecule has 0 saturated carbocycles. The molecule has 1 fully saturated rings. The minimum absolute atomic E-state index is 0.118. The molecule has 2 N–H and O–H groups in total. The van der Waals surface area contributed by atoms with Gasteiger partial charge in [0.1, 0.15) is 23.0 Å². The zero-order valence-electron chi connectivity index (χ0n) is 30.6. The fourth-order valence-corrected chi connectivity index (χ4v) is 5.65. The first-order valence-electron chi connectivity index (χ1n) is 17.6. The van der Waals surface area contributed by atoms with Crippen LogP contribution < -0.4 is 15.4 Å². The number of nitrogens with one attached hydrogen (secondary N) is 2. The molecule has 49 heavy (non-hydrogen) atoms. The minimum atomic E-state index is -0.732. The van der Waals surface area contributed by atoms with E-state index in [2.05, 4.69) is 10.6 Å². The average molecular weight is 680 g/mol. The Morgan fingerprint density at radius 3 is 2.35 bits per heavy atom. The summed E-state index contributed by atoms with van der Waals surface area (Å²) < 4.78 is 17.0. The quantitative estimate of drug-likeness (QED) is 0.202. The van der Waals surface area contributed by atoms with Crippen molar-refractivity contribution in [2.24, 2.45) is 5.92 Å². The van der Waals surface area contributed by atoms with Gasteiger partial charge in [0.05, 0.1) is 6.61 Å². The Balaban J connectivity index is 1.53. The Morgan fingerprint density at radius 1 is 0.939 bits per heavy atom.